The first kappa shape index (κ1) is 15.0. The zero-order chi connectivity index (χ0) is 15.5. The summed E-state index contributed by atoms with van der Waals surface area (Å²) in [4.78, 5) is 0. The number of hydrogen-bond donors (Lipinski definition) is 0. The molecule has 1 aliphatic carbocycles. The lowest BCUT2D eigenvalue weighted by atomic mass is 9.85. The van der Waals surface area contributed by atoms with E-state index in [1.54, 1.807) is 0 Å². The highest BCUT2D eigenvalue weighted by Gasteiger charge is 2.25. The third-order valence-electron chi connectivity index (χ3n) is 4.23. The minimum atomic E-state index is 0.243. The molecule has 0 radical (unpaired) electrons. The molecule has 0 atom stereocenters. The number of terminal acetylenes is 1. The number of ether oxygens (including phenoxy) is 1. The molecular formula is C18H19ClN2O. The van der Waals surface area contributed by atoms with Gasteiger partial charge in [-0.25, -0.2) is 0 Å². The van der Waals surface area contributed by atoms with Crippen LogP contribution in [0.3, 0.4) is 0 Å². The molecule has 3 nitrogen and oxygen atoms in total. The highest BCUT2D eigenvalue weighted by molar-refractivity contribution is 6.31. The number of hydrogen-bond acceptors (Lipinski definition) is 2. The van der Waals surface area contributed by atoms with Crippen LogP contribution in [-0.4, -0.2) is 15.9 Å². The van der Waals surface area contributed by atoms with E-state index in [0.29, 0.717) is 16.5 Å². The van der Waals surface area contributed by atoms with Crippen LogP contribution >= 0.6 is 11.6 Å². The molecule has 1 aromatic carbocycles. The smallest absolute Gasteiger partial charge is 0.121 e. The van der Waals surface area contributed by atoms with Gasteiger partial charge in [-0.15, -0.1) is 6.42 Å². The van der Waals surface area contributed by atoms with Crippen molar-refractivity contribution in [2.45, 2.75) is 37.7 Å². The second kappa shape index (κ2) is 6.46. The number of aryl methyl sites for hydroxylation is 1. The van der Waals surface area contributed by atoms with Crippen molar-refractivity contribution in [3.8, 4) is 18.1 Å². The summed E-state index contributed by atoms with van der Waals surface area (Å²) in [5.41, 5.74) is 1.90. The molecule has 3 rings (SSSR count). The molecule has 0 saturated heterocycles. The Morgan fingerprint density at radius 3 is 2.64 bits per heavy atom. The molecule has 1 heterocycles. The Hall–Kier alpha value is -1.92. The van der Waals surface area contributed by atoms with Gasteiger partial charge in [0, 0.05) is 30.8 Å². The predicted octanol–water partition coefficient (Wildman–Crippen LogP) is 4.16. The summed E-state index contributed by atoms with van der Waals surface area (Å²) in [5, 5.41) is 5.09. The van der Waals surface area contributed by atoms with Gasteiger partial charge in [-0.1, -0.05) is 17.5 Å². The first-order valence-electron chi connectivity index (χ1n) is 7.58. The van der Waals surface area contributed by atoms with Gasteiger partial charge in [0.2, 0.25) is 0 Å². The van der Waals surface area contributed by atoms with Crippen molar-refractivity contribution in [3.63, 3.8) is 0 Å². The number of aromatic nitrogens is 2. The third kappa shape index (κ3) is 3.28. The van der Waals surface area contributed by atoms with E-state index in [4.69, 9.17) is 22.8 Å². The molecule has 4 heteroatoms. The maximum Gasteiger partial charge on any atom is 0.121 e. The maximum atomic E-state index is 6.12. The van der Waals surface area contributed by atoms with Crippen LogP contribution in [-0.2, 0) is 7.05 Å². The molecule has 0 unspecified atom stereocenters. The van der Waals surface area contributed by atoms with Gasteiger partial charge in [-0.05, 0) is 43.9 Å². The van der Waals surface area contributed by atoms with E-state index in [0.717, 1.165) is 31.4 Å². The first-order chi connectivity index (χ1) is 10.7. The Labute approximate surface area is 136 Å². The fourth-order valence-electron chi connectivity index (χ4n) is 3.01. The molecule has 1 aliphatic rings. The minimum absolute atomic E-state index is 0.243. The van der Waals surface area contributed by atoms with Crippen LogP contribution in [0.25, 0.3) is 0 Å². The standard InChI is InChI=1S/C18H19ClN2O/c1-3-13-4-9-16(12-17(13)19)22-15-7-5-14(6-8-15)18-10-11-21(2)20-18/h1,4,9-12,14-15H,5-8H2,2H3. The zero-order valence-corrected chi connectivity index (χ0v) is 13.4. The monoisotopic (exact) mass is 314 g/mol. The van der Waals surface area contributed by atoms with Crippen molar-refractivity contribution in [2.75, 3.05) is 0 Å². The van der Waals surface area contributed by atoms with Crippen molar-refractivity contribution >= 4 is 11.6 Å². The largest absolute Gasteiger partial charge is 0.490 e. The van der Waals surface area contributed by atoms with Crippen molar-refractivity contribution in [3.05, 3.63) is 46.7 Å². The normalized spacial score (nSPS) is 21.3. The van der Waals surface area contributed by atoms with Crippen LogP contribution in [0.15, 0.2) is 30.5 Å². The molecule has 2 aromatic rings. The molecule has 1 aromatic heterocycles. The van der Waals surface area contributed by atoms with Crippen LogP contribution in [0, 0.1) is 12.3 Å². The van der Waals surface area contributed by atoms with Gasteiger partial charge in [0.1, 0.15) is 5.75 Å². The second-order valence-electron chi connectivity index (χ2n) is 5.79. The topological polar surface area (TPSA) is 27.1 Å². The Morgan fingerprint density at radius 1 is 1.27 bits per heavy atom. The Morgan fingerprint density at radius 2 is 2.05 bits per heavy atom. The summed E-state index contributed by atoms with van der Waals surface area (Å²) in [7, 11) is 1.96. The summed E-state index contributed by atoms with van der Waals surface area (Å²) in [5.74, 6) is 3.90. The van der Waals surface area contributed by atoms with Gasteiger partial charge in [-0.3, -0.25) is 4.68 Å². The third-order valence-corrected chi connectivity index (χ3v) is 4.54. The summed E-state index contributed by atoms with van der Waals surface area (Å²) in [6.45, 7) is 0. The quantitative estimate of drug-likeness (QED) is 0.795. The van der Waals surface area contributed by atoms with Crippen LogP contribution in [0.5, 0.6) is 5.75 Å². The van der Waals surface area contributed by atoms with Gasteiger partial charge in [0.05, 0.1) is 16.8 Å². The lowest BCUT2D eigenvalue weighted by Crippen LogP contribution is -2.23. The SMILES string of the molecule is C#Cc1ccc(OC2CCC(c3ccn(C)n3)CC2)cc1Cl. The van der Waals surface area contributed by atoms with E-state index in [2.05, 4.69) is 17.1 Å². The van der Waals surface area contributed by atoms with E-state index < -0.39 is 0 Å². The molecule has 1 fully saturated rings. The molecule has 0 bridgehead atoms. The average molecular weight is 315 g/mol. The molecular weight excluding hydrogens is 296 g/mol. The minimum Gasteiger partial charge on any atom is -0.490 e. The predicted molar refractivity (Wildman–Crippen MR) is 88.2 cm³/mol. The molecule has 0 amide bonds. The molecule has 0 N–H and O–H groups in total. The number of nitrogens with zero attached hydrogens (tertiary/aromatic N) is 2. The van der Waals surface area contributed by atoms with Crippen molar-refractivity contribution < 1.29 is 4.74 Å². The van der Waals surface area contributed by atoms with Gasteiger partial charge < -0.3 is 4.74 Å². The Balaban J connectivity index is 1.58. The summed E-state index contributed by atoms with van der Waals surface area (Å²) >= 11 is 6.12. The summed E-state index contributed by atoms with van der Waals surface area (Å²) < 4.78 is 7.91. The van der Waals surface area contributed by atoms with Crippen LogP contribution in [0.4, 0.5) is 0 Å². The van der Waals surface area contributed by atoms with Crippen molar-refractivity contribution in [1.82, 2.24) is 9.78 Å². The molecule has 1 saturated carbocycles. The Kier molecular flexibility index (Phi) is 4.40. The second-order valence-corrected chi connectivity index (χ2v) is 6.20. The van der Waals surface area contributed by atoms with E-state index in [-0.39, 0.29) is 6.10 Å². The fourth-order valence-corrected chi connectivity index (χ4v) is 3.23. The van der Waals surface area contributed by atoms with Crippen LogP contribution < -0.4 is 4.74 Å². The van der Waals surface area contributed by atoms with Gasteiger partial charge in [-0.2, -0.15) is 5.10 Å². The van der Waals surface area contributed by atoms with Gasteiger partial charge in [0.25, 0.3) is 0 Å². The fraction of sp³-hybridized carbons (Fsp3) is 0.389. The van der Waals surface area contributed by atoms with E-state index in [1.165, 1.54) is 5.69 Å². The zero-order valence-electron chi connectivity index (χ0n) is 12.6. The van der Waals surface area contributed by atoms with Gasteiger partial charge in [0.15, 0.2) is 0 Å². The molecule has 114 valence electrons. The Bertz CT molecular complexity index is 693. The number of halogens is 1. The van der Waals surface area contributed by atoms with E-state index >= 15 is 0 Å². The van der Waals surface area contributed by atoms with E-state index in [9.17, 15) is 0 Å². The van der Waals surface area contributed by atoms with Crippen LogP contribution in [0.1, 0.15) is 42.9 Å². The summed E-state index contributed by atoms with van der Waals surface area (Å²) in [6.07, 6.45) is 11.9. The molecule has 22 heavy (non-hydrogen) atoms. The highest BCUT2D eigenvalue weighted by atomic mass is 35.5. The lowest BCUT2D eigenvalue weighted by Gasteiger charge is -2.28. The number of benzene rings is 1. The summed E-state index contributed by atoms with van der Waals surface area (Å²) in [6, 6.07) is 7.65. The lowest BCUT2D eigenvalue weighted by molar-refractivity contribution is 0.145. The van der Waals surface area contributed by atoms with Gasteiger partial charge >= 0.3 is 0 Å². The van der Waals surface area contributed by atoms with Crippen molar-refractivity contribution in [2.24, 2.45) is 7.05 Å². The molecule has 0 aliphatic heterocycles. The maximum absolute atomic E-state index is 6.12. The first-order valence-corrected chi connectivity index (χ1v) is 7.96. The highest BCUT2D eigenvalue weighted by Crippen LogP contribution is 2.34. The molecule has 0 spiro atoms. The number of rotatable bonds is 3. The van der Waals surface area contributed by atoms with Crippen molar-refractivity contribution in [1.29, 1.82) is 0 Å². The van der Waals surface area contributed by atoms with E-state index in [1.807, 2.05) is 36.1 Å². The van der Waals surface area contributed by atoms with Crippen LogP contribution in [0.2, 0.25) is 5.02 Å². The average Bonchev–Trinajstić information content (AvgIpc) is 2.95.